The summed E-state index contributed by atoms with van der Waals surface area (Å²) in [6.45, 7) is 5.22. The van der Waals surface area contributed by atoms with Gasteiger partial charge in [-0.1, -0.05) is 6.07 Å². The van der Waals surface area contributed by atoms with Gasteiger partial charge in [0.05, 0.1) is 0 Å². The molecule has 5 heteroatoms. The molecule has 0 saturated carbocycles. The summed E-state index contributed by atoms with van der Waals surface area (Å²) < 4.78 is 2.09. The summed E-state index contributed by atoms with van der Waals surface area (Å²) in [5, 5.41) is 5.78. The number of imidazole rings is 1. The van der Waals surface area contributed by atoms with Crippen molar-refractivity contribution in [3.8, 4) is 0 Å². The Bertz CT molecular complexity index is 690. The van der Waals surface area contributed by atoms with Crippen LogP contribution in [0.4, 0.5) is 0 Å². The number of hydrogen-bond donors (Lipinski definition) is 1. The van der Waals surface area contributed by atoms with Gasteiger partial charge in [-0.3, -0.25) is 5.32 Å². The van der Waals surface area contributed by atoms with E-state index in [4.69, 9.17) is 0 Å². The van der Waals surface area contributed by atoms with Crippen molar-refractivity contribution in [1.29, 1.82) is 0 Å². The van der Waals surface area contributed by atoms with Crippen molar-refractivity contribution in [3.63, 3.8) is 0 Å². The van der Waals surface area contributed by atoms with Gasteiger partial charge in [0.25, 0.3) is 0 Å². The van der Waals surface area contributed by atoms with Crippen LogP contribution in [0.3, 0.4) is 0 Å². The largest absolute Gasteiger partial charge is 0.336 e. The second kappa shape index (κ2) is 6.13. The highest BCUT2D eigenvalue weighted by Crippen LogP contribution is 2.26. The van der Waals surface area contributed by atoms with Crippen molar-refractivity contribution >= 4 is 22.7 Å². The normalized spacial score (nSPS) is 12.7. The molecule has 1 unspecified atom stereocenters. The first-order valence-electron chi connectivity index (χ1n) is 6.95. The molecule has 3 rings (SSSR count). The van der Waals surface area contributed by atoms with Crippen molar-refractivity contribution < 1.29 is 0 Å². The molecule has 0 aromatic carbocycles. The second-order valence-electron chi connectivity index (χ2n) is 5.18. The summed E-state index contributed by atoms with van der Waals surface area (Å²) >= 11 is 3.64. The Labute approximate surface area is 133 Å². The molecular formula is C16H19N3S2. The summed E-state index contributed by atoms with van der Waals surface area (Å²) in [5.41, 5.74) is 1.38. The Morgan fingerprint density at radius 1 is 1.38 bits per heavy atom. The molecule has 3 nitrogen and oxygen atoms in total. The molecule has 0 fully saturated rings. The average molecular weight is 317 g/mol. The lowest BCUT2D eigenvalue weighted by atomic mass is 10.2. The highest BCUT2D eigenvalue weighted by Gasteiger charge is 2.19. The minimum atomic E-state index is 0.146. The van der Waals surface area contributed by atoms with Crippen LogP contribution in [0.1, 0.15) is 32.1 Å². The van der Waals surface area contributed by atoms with Crippen LogP contribution in [0.25, 0.3) is 0 Å². The number of aryl methyl sites for hydroxylation is 3. The molecule has 0 amide bonds. The van der Waals surface area contributed by atoms with E-state index in [2.05, 4.69) is 52.3 Å². The summed E-state index contributed by atoms with van der Waals surface area (Å²) in [4.78, 5) is 8.59. The molecule has 0 saturated heterocycles. The Morgan fingerprint density at radius 2 is 2.24 bits per heavy atom. The number of hydrogen-bond acceptors (Lipinski definition) is 4. The van der Waals surface area contributed by atoms with Crippen LogP contribution in [-0.4, -0.2) is 9.55 Å². The predicted molar refractivity (Wildman–Crippen MR) is 90.0 cm³/mol. The zero-order chi connectivity index (χ0) is 14.8. The molecule has 0 aliphatic heterocycles. The number of nitrogens with one attached hydrogen (secondary N) is 1. The predicted octanol–water partition coefficient (Wildman–Crippen LogP) is 4.04. The van der Waals surface area contributed by atoms with E-state index in [9.17, 15) is 0 Å². The van der Waals surface area contributed by atoms with Crippen LogP contribution in [0.5, 0.6) is 0 Å². The van der Waals surface area contributed by atoms with Gasteiger partial charge >= 0.3 is 0 Å². The molecule has 0 aliphatic rings. The molecule has 0 bridgehead atoms. The van der Waals surface area contributed by atoms with Crippen LogP contribution in [0.15, 0.2) is 36.0 Å². The van der Waals surface area contributed by atoms with E-state index in [0.717, 1.165) is 12.4 Å². The average Bonchev–Trinajstić information content (AvgIpc) is 3.16. The van der Waals surface area contributed by atoms with Crippen LogP contribution in [-0.2, 0) is 13.6 Å². The molecule has 3 aromatic heterocycles. The number of nitrogens with zero attached hydrogens (tertiary/aromatic N) is 2. The van der Waals surface area contributed by atoms with Gasteiger partial charge < -0.3 is 4.57 Å². The minimum Gasteiger partial charge on any atom is -0.336 e. The van der Waals surface area contributed by atoms with Crippen LogP contribution < -0.4 is 5.32 Å². The van der Waals surface area contributed by atoms with Crippen molar-refractivity contribution in [2.45, 2.75) is 26.4 Å². The first kappa shape index (κ1) is 14.5. The quantitative estimate of drug-likeness (QED) is 0.769. The monoisotopic (exact) mass is 317 g/mol. The van der Waals surface area contributed by atoms with E-state index >= 15 is 0 Å². The zero-order valence-corrected chi connectivity index (χ0v) is 14.1. The molecule has 1 N–H and O–H groups in total. The second-order valence-corrected chi connectivity index (χ2v) is 7.50. The first-order chi connectivity index (χ1) is 10.1. The summed E-state index contributed by atoms with van der Waals surface area (Å²) in [6, 6.07) is 6.68. The molecule has 0 aliphatic carbocycles. The molecule has 0 spiro atoms. The number of rotatable bonds is 5. The fourth-order valence-corrected chi connectivity index (χ4v) is 4.17. The smallest absolute Gasteiger partial charge is 0.131 e. The first-order valence-corrected chi connectivity index (χ1v) is 8.64. The van der Waals surface area contributed by atoms with Crippen LogP contribution in [0, 0.1) is 13.8 Å². The maximum Gasteiger partial charge on any atom is 0.131 e. The maximum atomic E-state index is 4.52. The number of thiophene rings is 2. The van der Waals surface area contributed by atoms with Crippen molar-refractivity contribution in [2.24, 2.45) is 7.05 Å². The van der Waals surface area contributed by atoms with E-state index in [1.807, 2.05) is 30.8 Å². The fourth-order valence-electron chi connectivity index (χ4n) is 2.37. The van der Waals surface area contributed by atoms with E-state index in [-0.39, 0.29) is 6.04 Å². The summed E-state index contributed by atoms with van der Waals surface area (Å²) in [5.74, 6) is 1.06. The van der Waals surface area contributed by atoms with E-state index < -0.39 is 0 Å². The molecule has 3 heterocycles. The zero-order valence-electron chi connectivity index (χ0n) is 12.5. The summed E-state index contributed by atoms with van der Waals surface area (Å²) in [7, 11) is 2.05. The fraction of sp³-hybridized carbons (Fsp3) is 0.312. The third-order valence-corrected chi connectivity index (χ3v) is 5.73. The van der Waals surface area contributed by atoms with Crippen LogP contribution in [0.2, 0.25) is 0 Å². The van der Waals surface area contributed by atoms with Gasteiger partial charge in [0.2, 0.25) is 0 Å². The molecule has 0 radical (unpaired) electrons. The van der Waals surface area contributed by atoms with Gasteiger partial charge in [-0.15, -0.1) is 22.7 Å². The SMILES string of the molecule is Cc1cc(CNC(c2cccs2)c2nccn2C)sc1C. The van der Waals surface area contributed by atoms with E-state index in [0.29, 0.717) is 0 Å². The lowest BCUT2D eigenvalue weighted by Crippen LogP contribution is -2.23. The Morgan fingerprint density at radius 3 is 2.81 bits per heavy atom. The third-order valence-electron chi connectivity index (χ3n) is 3.64. The van der Waals surface area contributed by atoms with Gasteiger partial charge in [0.15, 0.2) is 0 Å². The third kappa shape index (κ3) is 3.10. The maximum absolute atomic E-state index is 4.52. The highest BCUT2D eigenvalue weighted by molar-refractivity contribution is 7.12. The van der Waals surface area contributed by atoms with Gasteiger partial charge in [0, 0.05) is 40.6 Å². The van der Waals surface area contributed by atoms with E-state index in [1.165, 1.54) is 20.2 Å². The van der Waals surface area contributed by atoms with Gasteiger partial charge in [0.1, 0.15) is 11.9 Å². The molecule has 1 atom stereocenters. The highest BCUT2D eigenvalue weighted by atomic mass is 32.1. The number of aromatic nitrogens is 2. The standard InChI is InChI=1S/C16H19N3S2/c1-11-9-13(21-12(11)2)10-18-15(14-5-4-8-20-14)16-17-6-7-19(16)3/h4-9,15,18H,10H2,1-3H3. The molecular weight excluding hydrogens is 298 g/mol. The van der Waals surface area contributed by atoms with Crippen LogP contribution >= 0.6 is 22.7 Å². The van der Waals surface area contributed by atoms with Crippen molar-refractivity contribution in [2.75, 3.05) is 0 Å². The topological polar surface area (TPSA) is 29.9 Å². The molecule has 3 aromatic rings. The molecule has 110 valence electrons. The minimum absolute atomic E-state index is 0.146. The Kier molecular flexibility index (Phi) is 4.24. The van der Waals surface area contributed by atoms with Crippen molar-refractivity contribution in [3.05, 3.63) is 62.0 Å². The molecule has 21 heavy (non-hydrogen) atoms. The summed E-state index contributed by atoms with van der Waals surface area (Å²) in [6.07, 6.45) is 3.86. The lowest BCUT2D eigenvalue weighted by Gasteiger charge is -2.17. The Hall–Kier alpha value is -1.43. The lowest BCUT2D eigenvalue weighted by molar-refractivity contribution is 0.568. The van der Waals surface area contributed by atoms with Crippen molar-refractivity contribution in [1.82, 2.24) is 14.9 Å². The van der Waals surface area contributed by atoms with Gasteiger partial charge in [-0.2, -0.15) is 0 Å². The van der Waals surface area contributed by atoms with E-state index in [1.54, 1.807) is 11.3 Å². The Balaban J connectivity index is 1.82. The van der Waals surface area contributed by atoms with Gasteiger partial charge in [-0.25, -0.2) is 4.98 Å². The van der Waals surface area contributed by atoms with Gasteiger partial charge in [-0.05, 0) is 36.9 Å².